The summed E-state index contributed by atoms with van der Waals surface area (Å²) in [6, 6.07) is 1.56. The van der Waals surface area contributed by atoms with E-state index in [2.05, 4.69) is 22.2 Å². The zero-order valence-electron chi connectivity index (χ0n) is 11.2. The van der Waals surface area contributed by atoms with Crippen LogP contribution < -0.4 is 16.8 Å². The largest absolute Gasteiger partial charge is 0.397 e. The molecule has 1 aliphatic heterocycles. The highest BCUT2D eigenvalue weighted by Crippen LogP contribution is 2.19. The number of amides is 1. The summed E-state index contributed by atoms with van der Waals surface area (Å²) in [6.45, 7) is 3.04. The van der Waals surface area contributed by atoms with Gasteiger partial charge in [0.1, 0.15) is 5.82 Å². The third-order valence-corrected chi connectivity index (χ3v) is 3.57. The molecule has 1 aromatic heterocycles. The number of nitrogens with zero attached hydrogens (tertiary/aromatic N) is 2. The Labute approximate surface area is 113 Å². The van der Waals surface area contributed by atoms with Gasteiger partial charge in [-0.25, -0.2) is 4.98 Å². The van der Waals surface area contributed by atoms with Crippen molar-refractivity contribution >= 4 is 17.4 Å². The van der Waals surface area contributed by atoms with Gasteiger partial charge < -0.3 is 21.7 Å². The third kappa shape index (κ3) is 3.57. The first-order valence-electron chi connectivity index (χ1n) is 6.54. The molecule has 19 heavy (non-hydrogen) atoms. The molecule has 1 fully saturated rings. The average molecular weight is 263 g/mol. The number of likely N-dealkylation sites (tertiary alicyclic amines) is 1. The van der Waals surface area contributed by atoms with Crippen molar-refractivity contribution in [3.05, 3.63) is 17.8 Å². The summed E-state index contributed by atoms with van der Waals surface area (Å²) >= 11 is 0. The van der Waals surface area contributed by atoms with Crippen LogP contribution in [-0.2, 0) is 0 Å². The monoisotopic (exact) mass is 263 g/mol. The SMILES string of the molecule is CN1CCC(CNc2ncc(N)cc2C(N)=O)CC1. The van der Waals surface area contributed by atoms with Crippen LogP contribution in [0.3, 0.4) is 0 Å². The predicted octanol–water partition coefficient (Wildman–Crippen LogP) is 0.516. The summed E-state index contributed by atoms with van der Waals surface area (Å²) in [4.78, 5) is 17.8. The van der Waals surface area contributed by atoms with E-state index < -0.39 is 5.91 Å². The summed E-state index contributed by atoms with van der Waals surface area (Å²) in [5.41, 5.74) is 11.7. The Morgan fingerprint density at radius 3 is 2.84 bits per heavy atom. The second-order valence-corrected chi connectivity index (χ2v) is 5.16. The van der Waals surface area contributed by atoms with E-state index in [1.54, 1.807) is 6.07 Å². The van der Waals surface area contributed by atoms with E-state index in [4.69, 9.17) is 11.5 Å². The second-order valence-electron chi connectivity index (χ2n) is 5.16. The highest BCUT2D eigenvalue weighted by molar-refractivity contribution is 5.98. The highest BCUT2D eigenvalue weighted by Gasteiger charge is 2.17. The minimum absolute atomic E-state index is 0.355. The van der Waals surface area contributed by atoms with Crippen LogP contribution in [0, 0.1) is 5.92 Å². The van der Waals surface area contributed by atoms with Crippen LogP contribution in [0.5, 0.6) is 0 Å². The number of anilines is 2. The van der Waals surface area contributed by atoms with Crippen LogP contribution in [0.15, 0.2) is 12.3 Å². The molecule has 2 rings (SSSR count). The van der Waals surface area contributed by atoms with Gasteiger partial charge in [0.15, 0.2) is 0 Å². The second kappa shape index (κ2) is 5.88. The number of nitrogens with two attached hydrogens (primary N) is 2. The topological polar surface area (TPSA) is 97.3 Å². The average Bonchev–Trinajstić information content (AvgIpc) is 2.39. The smallest absolute Gasteiger partial charge is 0.252 e. The number of nitrogens with one attached hydrogen (secondary N) is 1. The lowest BCUT2D eigenvalue weighted by Gasteiger charge is -2.29. The summed E-state index contributed by atoms with van der Waals surface area (Å²) < 4.78 is 0. The molecule has 0 saturated carbocycles. The van der Waals surface area contributed by atoms with Gasteiger partial charge >= 0.3 is 0 Å². The molecular weight excluding hydrogens is 242 g/mol. The van der Waals surface area contributed by atoms with Crippen LogP contribution in [0.1, 0.15) is 23.2 Å². The van der Waals surface area contributed by atoms with Gasteiger partial charge in [0, 0.05) is 6.54 Å². The van der Waals surface area contributed by atoms with Crippen molar-refractivity contribution in [3.8, 4) is 0 Å². The van der Waals surface area contributed by atoms with Crippen LogP contribution in [0.2, 0.25) is 0 Å². The molecule has 0 aromatic carbocycles. The standard InChI is InChI=1S/C13H21N5O/c1-18-4-2-9(3-5-18)7-16-13-11(12(15)19)6-10(14)8-17-13/h6,8-9H,2-5,7,14H2,1H3,(H2,15,19)(H,16,17). The van der Waals surface area contributed by atoms with Gasteiger partial charge in [-0.2, -0.15) is 0 Å². The summed E-state index contributed by atoms with van der Waals surface area (Å²) in [6.07, 6.45) is 3.85. The first-order chi connectivity index (χ1) is 9.06. The maximum atomic E-state index is 11.3. The molecule has 104 valence electrons. The van der Waals surface area contributed by atoms with E-state index in [-0.39, 0.29) is 0 Å². The molecule has 0 unspecified atom stereocenters. The fourth-order valence-corrected chi connectivity index (χ4v) is 2.32. The molecule has 0 aliphatic carbocycles. The number of nitrogen functional groups attached to an aromatic ring is 1. The first-order valence-corrected chi connectivity index (χ1v) is 6.54. The van der Waals surface area contributed by atoms with Gasteiger partial charge in [0.2, 0.25) is 0 Å². The number of primary amides is 1. The molecule has 1 saturated heterocycles. The van der Waals surface area contributed by atoms with Crippen molar-refractivity contribution in [2.24, 2.45) is 11.7 Å². The Kier molecular flexibility index (Phi) is 4.21. The fraction of sp³-hybridized carbons (Fsp3) is 0.538. The minimum Gasteiger partial charge on any atom is -0.397 e. The van der Waals surface area contributed by atoms with Gasteiger partial charge in [-0.05, 0) is 45.0 Å². The quantitative estimate of drug-likeness (QED) is 0.735. The van der Waals surface area contributed by atoms with Crippen molar-refractivity contribution < 1.29 is 4.79 Å². The lowest BCUT2D eigenvalue weighted by molar-refractivity contribution is 0.100. The maximum Gasteiger partial charge on any atom is 0.252 e. The number of aromatic nitrogens is 1. The molecule has 0 radical (unpaired) electrons. The van der Waals surface area contributed by atoms with Crippen molar-refractivity contribution in [1.29, 1.82) is 0 Å². The molecule has 6 nitrogen and oxygen atoms in total. The molecular formula is C13H21N5O. The van der Waals surface area contributed by atoms with Gasteiger partial charge in [-0.15, -0.1) is 0 Å². The molecule has 6 heteroatoms. The molecule has 1 amide bonds. The Morgan fingerprint density at radius 1 is 1.53 bits per heavy atom. The molecule has 5 N–H and O–H groups in total. The number of hydrogen-bond donors (Lipinski definition) is 3. The van der Waals surface area contributed by atoms with Crippen molar-refractivity contribution in [3.63, 3.8) is 0 Å². The number of pyridine rings is 1. The van der Waals surface area contributed by atoms with E-state index >= 15 is 0 Å². The highest BCUT2D eigenvalue weighted by atomic mass is 16.1. The number of hydrogen-bond acceptors (Lipinski definition) is 5. The lowest BCUT2D eigenvalue weighted by Crippen LogP contribution is -2.33. The van der Waals surface area contributed by atoms with E-state index in [1.165, 1.54) is 6.20 Å². The van der Waals surface area contributed by atoms with Gasteiger partial charge in [-0.3, -0.25) is 4.79 Å². The first kappa shape index (κ1) is 13.6. The minimum atomic E-state index is -0.509. The summed E-state index contributed by atoms with van der Waals surface area (Å²) in [7, 11) is 2.14. The van der Waals surface area contributed by atoms with E-state index in [0.29, 0.717) is 23.0 Å². The Balaban J connectivity index is 1.97. The molecule has 1 aliphatic rings. The van der Waals surface area contributed by atoms with Gasteiger partial charge in [0.25, 0.3) is 5.91 Å². The molecule has 0 atom stereocenters. The normalized spacial score (nSPS) is 17.3. The molecule has 1 aromatic rings. The Hall–Kier alpha value is -1.82. The maximum absolute atomic E-state index is 11.3. The van der Waals surface area contributed by atoms with Crippen LogP contribution in [0.25, 0.3) is 0 Å². The number of carbonyl (C=O) groups excluding carboxylic acids is 1. The van der Waals surface area contributed by atoms with E-state index in [0.717, 1.165) is 32.5 Å². The van der Waals surface area contributed by atoms with E-state index in [1.807, 2.05) is 0 Å². The van der Waals surface area contributed by atoms with Crippen LogP contribution in [0.4, 0.5) is 11.5 Å². The predicted molar refractivity (Wildman–Crippen MR) is 75.9 cm³/mol. The van der Waals surface area contributed by atoms with E-state index in [9.17, 15) is 4.79 Å². The molecule has 0 spiro atoms. The fourth-order valence-electron chi connectivity index (χ4n) is 2.32. The zero-order valence-corrected chi connectivity index (χ0v) is 11.2. The molecule has 0 bridgehead atoms. The third-order valence-electron chi connectivity index (χ3n) is 3.57. The Bertz CT molecular complexity index is 454. The van der Waals surface area contributed by atoms with Crippen LogP contribution in [-0.4, -0.2) is 42.5 Å². The van der Waals surface area contributed by atoms with Gasteiger partial charge in [0.05, 0.1) is 17.4 Å². The van der Waals surface area contributed by atoms with Gasteiger partial charge in [-0.1, -0.05) is 0 Å². The Morgan fingerprint density at radius 2 is 2.21 bits per heavy atom. The van der Waals surface area contributed by atoms with Crippen molar-refractivity contribution in [2.45, 2.75) is 12.8 Å². The zero-order chi connectivity index (χ0) is 13.8. The van der Waals surface area contributed by atoms with Crippen molar-refractivity contribution in [2.75, 3.05) is 37.7 Å². The number of carbonyl (C=O) groups is 1. The number of rotatable bonds is 4. The van der Waals surface area contributed by atoms with Crippen LogP contribution >= 0.6 is 0 Å². The lowest BCUT2D eigenvalue weighted by atomic mass is 9.97. The molecule has 2 heterocycles. The number of piperidine rings is 1. The van der Waals surface area contributed by atoms with Crippen molar-refractivity contribution in [1.82, 2.24) is 9.88 Å². The summed E-state index contributed by atoms with van der Waals surface area (Å²) in [5.74, 6) is 0.627. The summed E-state index contributed by atoms with van der Waals surface area (Å²) in [5, 5.41) is 3.22.